The molecule has 0 atom stereocenters. The zero-order chi connectivity index (χ0) is 22.9. The number of rotatable bonds is 7. The van der Waals surface area contributed by atoms with Crippen molar-refractivity contribution < 1.29 is 22.3 Å². The number of aromatic nitrogens is 2. The molecule has 32 heavy (non-hydrogen) atoms. The fourth-order valence-corrected chi connectivity index (χ4v) is 3.52. The highest BCUT2D eigenvalue weighted by molar-refractivity contribution is 5.81. The molecular weight excluding hydrogens is 422 g/mol. The zero-order valence-electron chi connectivity index (χ0n) is 17.4. The summed E-state index contributed by atoms with van der Waals surface area (Å²) in [5.41, 5.74) is 5.09. The highest BCUT2D eigenvalue weighted by atomic mass is 19.3. The topological polar surface area (TPSA) is 38.6 Å². The lowest BCUT2D eigenvalue weighted by atomic mass is 10.1. The number of hydrogen-bond acceptors (Lipinski definition) is 3. The zero-order valence-corrected chi connectivity index (χ0v) is 17.4. The largest absolute Gasteiger partial charge is 0.461 e. The molecule has 2 heterocycles. The Morgan fingerprint density at radius 3 is 2.47 bits per heavy atom. The molecule has 2 aromatic heterocycles. The van der Waals surface area contributed by atoms with E-state index in [0.717, 1.165) is 23.2 Å². The summed E-state index contributed by atoms with van der Waals surface area (Å²) in [6, 6.07) is 17.2. The molecule has 4 nitrogen and oxygen atoms in total. The van der Waals surface area contributed by atoms with Gasteiger partial charge in [-0.2, -0.15) is 17.6 Å². The van der Waals surface area contributed by atoms with E-state index in [1.807, 2.05) is 53.9 Å². The summed E-state index contributed by atoms with van der Waals surface area (Å²) in [5, 5.41) is 3.50. The van der Waals surface area contributed by atoms with E-state index in [1.165, 1.54) is 24.3 Å². The first-order chi connectivity index (χ1) is 15.3. The summed E-state index contributed by atoms with van der Waals surface area (Å²) in [5.74, 6) is 0.348. The number of alkyl halides is 4. The minimum Gasteiger partial charge on any atom is -0.428 e. The third kappa shape index (κ3) is 4.12. The highest BCUT2D eigenvalue weighted by Gasteiger charge is 2.43. The number of nitrogens with one attached hydrogen (secondary N) is 1. The van der Waals surface area contributed by atoms with Crippen molar-refractivity contribution >= 4 is 17.2 Å². The van der Waals surface area contributed by atoms with E-state index in [0.29, 0.717) is 22.7 Å². The normalized spacial score (nSPS) is 11.8. The predicted molar refractivity (Wildman–Crippen MR) is 116 cm³/mol. The molecule has 0 amide bonds. The highest BCUT2D eigenvalue weighted by Crippen LogP contribution is 2.35. The number of aryl methyl sites for hydroxylation is 2. The lowest BCUT2D eigenvalue weighted by Crippen LogP contribution is -2.33. The van der Waals surface area contributed by atoms with Gasteiger partial charge in [-0.3, -0.25) is 4.40 Å². The van der Waals surface area contributed by atoms with Crippen LogP contribution < -0.4 is 10.1 Å². The first-order valence-electron chi connectivity index (χ1n) is 10.1. The molecule has 0 radical (unpaired) electrons. The van der Waals surface area contributed by atoms with Crippen LogP contribution in [0.15, 0.2) is 66.9 Å². The summed E-state index contributed by atoms with van der Waals surface area (Å²) < 4.78 is 57.3. The van der Waals surface area contributed by atoms with Crippen molar-refractivity contribution in [2.24, 2.45) is 0 Å². The van der Waals surface area contributed by atoms with Crippen LogP contribution in [0.5, 0.6) is 5.75 Å². The molecule has 0 aliphatic rings. The number of imidazole rings is 1. The second-order valence-corrected chi connectivity index (χ2v) is 7.31. The van der Waals surface area contributed by atoms with Crippen molar-refractivity contribution in [3.63, 3.8) is 0 Å². The SMILES string of the molecule is CCc1cccc(C)c1Nc1c(-c2ccc(OC(F)(F)C(F)F)cc2)nc2ccccn12. The summed E-state index contributed by atoms with van der Waals surface area (Å²) in [6.07, 6.45) is -5.77. The van der Waals surface area contributed by atoms with Crippen molar-refractivity contribution in [2.45, 2.75) is 32.8 Å². The Kier molecular flexibility index (Phi) is 5.78. The fourth-order valence-electron chi connectivity index (χ4n) is 3.52. The third-order valence-electron chi connectivity index (χ3n) is 5.15. The second kappa shape index (κ2) is 8.53. The van der Waals surface area contributed by atoms with Gasteiger partial charge in [0, 0.05) is 17.4 Å². The summed E-state index contributed by atoms with van der Waals surface area (Å²) in [7, 11) is 0. The van der Waals surface area contributed by atoms with Crippen LogP contribution >= 0.6 is 0 Å². The quantitative estimate of drug-likeness (QED) is 0.318. The maximum atomic E-state index is 13.2. The molecule has 0 fully saturated rings. The molecular formula is C24H21F4N3O. The number of ether oxygens (including phenoxy) is 1. The van der Waals surface area contributed by atoms with Crippen LogP contribution in [0.1, 0.15) is 18.1 Å². The van der Waals surface area contributed by atoms with E-state index >= 15 is 0 Å². The molecule has 8 heteroatoms. The van der Waals surface area contributed by atoms with Crippen molar-refractivity contribution in [3.8, 4) is 17.0 Å². The molecule has 0 spiro atoms. The summed E-state index contributed by atoms with van der Waals surface area (Å²) >= 11 is 0. The Morgan fingerprint density at radius 1 is 1.03 bits per heavy atom. The average Bonchev–Trinajstić information content (AvgIpc) is 3.14. The van der Waals surface area contributed by atoms with Crippen LogP contribution in [0.4, 0.5) is 29.1 Å². The van der Waals surface area contributed by atoms with Gasteiger partial charge in [0.1, 0.15) is 22.9 Å². The van der Waals surface area contributed by atoms with E-state index in [9.17, 15) is 17.6 Å². The van der Waals surface area contributed by atoms with Gasteiger partial charge in [-0.25, -0.2) is 4.98 Å². The van der Waals surface area contributed by atoms with Crippen molar-refractivity contribution in [3.05, 3.63) is 78.0 Å². The molecule has 4 rings (SSSR count). The summed E-state index contributed by atoms with van der Waals surface area (Å²) in [4.78, 5) is 4.69. The van der Waals surface area contributed by atoms with Gasteiger partial charge in [0.2, 0.25) is 0 Å². The van der Waals surface area contributed by atoms with Crippen LogP contribution in [0, 0.1) is 6.92 Å². The lowest BCUT2D eigenvalue weighted by Gasteiger charge is -2.17. The van der Waals surface area contributed by atoms with Gasteiger partial charge < -0.3 is 10.1 Å². The Balaban J connectivity index is 1.76. The second-order valence-electron chi connectivity index (χ2n) is 7.31. The van der Waals surface area contributed by atoms with E-state index < -0.39 is 12.5 Å². The van der Waals surface area contributed by atoms with Gasteiger partial charge in [-0.1, -0.05) is 31.2 Å². The number of anilines is 2. The van der Waals surface area contributed by atoms with Crippen molar-refractivity contribution in [2.75, 3.05) is 5.32 Å². The van der Waals surface area contributed by atoms with Gasteiger partial charge in [0.15, 0.2) is 0 Å². The minimum atomic E-state index is -4.56. The molecule has 2 aromatic carbocycles. The van der Waals surface area contributed by atoms with Gasteiger partial charge in [0.25, 0.3) is 0 Å². The van der Waals surface area contributed by atoms with Crippen molar-refractivity contribution in [1.29, 1.82) is 0 Å². The molecule has 0 saturated carbocycles. The standard InChI is InChI=1S/C24H21F4N3O/c1-3-16-8-6-7-15(2)20(16)30-22-21(29-19-9-4-5-14-31(19)22)17-10-12-18(13-11-17)32-24(27,28)23(25)26/h4-14,23,30H,3H2,1-2H3. The first-order valence-corrected chi connectivity index (χ1v) is 10.1. The predicted octanol–water partition coefficient (Wildman–Crippen LogP) is 6.85. The lowest BCUT2D eigenvalue weighted by molar-refractivity contribution is -0.253. The summed E-state index contributed by atoms with van der Waals surface area (Å²) in [6.45, 7) is 4.09. The molecule has 4 aromatic rings. The van der Waals surface area contributed by atoms with Gasteiger partial charge in [-0.15, -0.1) is 0 Å². The number of hydrogen-bond donors (Lipinski definition) is 1. The Morgan fingerprint density at radius 2 is 1.78 bits per heavy atom. The minimum absolute atomic E-state index is 0.357. The molecule has 1 N–H and O–H groups in total. The van der Waals surface area contributed by atoms with Crippen LogP contribution in [0.2, 0.25) is 0 Å². The van der Waals surface area contributed by atoms with Crippen LogP contribution in [0.3, 0.4) is 0 Å². The van der Waals surface area contributed by atoms with Gasteiger partial charge >= 0.3 is 12.5 Å². The van der Waals surface area contributed by atoms with Crippen LogP contribution in [-0.4, -0.2) is 21.9 Å². The monoisotopic (exact) mass is 443 g/mol. The number of para-hydroxylation sites is 1. The van der Waals surface area contributed by atoms with E-state index in [2.05, 4.69) is 22.0 Å². The molecule has 166 valence electrons. The van der Waals surface area contributed by atoms with Crippen LogP contribution in [-0.2, 0) is 6.42 Å². The molecule has 0 unspecified atom stereocenters. The van der Waals surface area contributed by atoms with E-state index in [-0.39, 0.29) is 5.75 Å². The molecule has 0 bridgehead atoms. The number of benzene rings is 2. The number of nitrogens with zero attached hydrogens (tertiary/aromatic N) is 2. The Hall–Kier alpha value is -3.55. The number of fused-ring (bicyclic) bond motifs is 1. The average molecular weight is 443 g/mol. The molecule has 0 aliphatic carbocycles. The third-order valence-corrected chi connectivity index (χ3v) is 5.15. The van der Waals surface area contributed by atoms with Gasteiger partial charge in [-0.05, 0) is 60.9 Å². The Labute approximate surface area is 182 Å². The maximum Gasteiger partial charge on any atom is 0.461 e. The maximum absolute atomic E-state index is 13.2. The van der Waals surface area contributed by atoms with Crippen molar-refractivity contribution in [1.82, 2.24) is 9.38 Å². The van der Waals surface area contributed by atoms with E-state index in [1.54, 1.807) is 0 Å². The van der Waals surface area contributed by atoms with Gasteiger partial charge in [0.05, 0.1) is 0 Å². The molecule has 0 aliphatic heterocycles. The van der Waals surface area contributed by atoms with E-state index in [4.69, 9.17) is 0 Å². The molecule has 0 saturated heterocycles. The number of pyridine rings is 1. The smallest absolute Gasteiger partial charge is 0.428 e. The van der Waals surface area contributed by atoms with Crippen LogP contribution in [0.25, 0.3) is 16.9 Å². The fraction of sp³-hybridized carbons (Fsp3) is 0.208. The first kappa shape index (κ1) is 21.7. The Bertz CT molecular complexity index is 1240. The number of halogens is 4.